The zero-order valence-corrected chi connectivity index (χ0v) is 17.9. The number of nitrogens with one attached hydrogen (secondary N) is 1. The Morgan fingerprint density at radius 1 is 0.967 bits per heavy atom. The van der Waals surface area contributed by atoms with Crippen LogP contribution in [-0.2, 0) is 0 Å². The molecule has 0 radical (unpaired) electrons. The lowest BCUT2D eigenvalue weighted by Gasteiger charge is -2.20. The van der Waals surface area contributed by atoms with Crippen LogP contribution in [0.3, 0.4) is 0 Å². The first kappa shape index (κ1) is 21.9. The van der Waals surface area contributed by atoms with E-state index in [1.165, 1.54) is 12.8 Å². The second-order valence-electron chi connectivity index (χ2n) is 7.79. The second kappa shape index (κ2) is 11.4. The van der Waals surface area contributed by atoms with E-state index >= 15 is 0 Å². The number of carbonyl (C=O) groups is 2. The molecule has 3 rings (SSSR count). The first-order valence-corrected chi connectivity index (χ1v) is 11.1. The molecule has 5 nitrogen and oxygen atoms in total. The summed E-state index contributed by atoms with van der Waals surface area (Å²) in [6, 6.07) is 14.5. The molecule has 2 aromatic rings. The van der Waals surface area contributed by atoms with E-state index in [1.54, 1.807) is 12.1 Å². The molecule has 0 saturated carbocycles. The Labute approximate surface area is 179 Å². The third-order valence-corrected chi connectivity index (χ3v) is 5.40. The Balaban J connectivity index is 1.67. The van der Waals surface area contributed by atoms with Crippen LogP contribution >= 0.6 is 0 Å². The van der Waals surface area contributed by atoms with Gasteiger partial charge in [-0.15, -0.1) is 0 Å². The van der Waals surface area contributed by atoms with Gasteiger partial charge in [-0.05, 0) is 49.6 Å². The molecule has 1 fully saturated rings. The number of unbranched alkanes of at least 4 members (excludes halogenated alkanes) is 2. The van der Waals surface area contributed by atoms with Crippen LogP contribution in [0.5, 0.6) is 5.75 Å². The van der Waals surface area contributed by atoms with Gasteiger partial charge in [0.25, 0.3) is 11.8 Å². The molecule has 5 heteroatoms. The van der Waals surface area contributed by atoms with Crippen LogP contribution < -0.4 is 10.1 Å². The molecule has 0 spiro atoms. The Hall–Kier alpha value is -2.82. The monoisotopic (exact) mass is 408 g/mol. The van der Waals surface area contributed by atoms with Crippen LogP contribution in [0.25, 0.3) is 0 Å². The molecule has 160 valence electrons. The van der Waals surface area contributed by atoms with Gasteiger partial charge in [0.1, 0.15) is 5.75 Å². The zero-order valence-electron chi connectivity index (χ0n) is 17.9. The fourth-order valence-corrected chi connectivity index (χ4v) is 3.70. The van der Waals surface area contributed by atoms with Gasteiger partial charge in [-0.3, -0.25) is 9.59 Å². The summed E-state index contributed by atoms with van der Waals surface area (Å²) in [5, 5.41) is 2.92. The molecule has 1 aliphatic rings. The van der Waals surface area contributed by atoms with E-state index in [4.69, 9.17) is 4.74 Å². The predicted molar refractivity (Wildman–Crippen MR) is 120 cm³/mol. The second-order valence-corrected chi connectivity index (χ2v) is 7.79. The molecule has 0 unspecified atom stereocenters. The van der Waals surface area contributed by atoms with Gasteiger partial charge in [-0.1, -0.05) is 50.8 Å². The standard InChI is InChI=1S/C25H32N2O3/c1-2-3-10-18-30-23-15-7-6-14-22(23)24(28)26-21-13-11-12-20(19-21)25(29)27-16-8-4-5-9-17-27/h6-7,11-15,19H,2-5,8-10,16-18H2,1H3,(H,26,28). The minimum absolute atomic E-state index is 0.0349. The Morgan fingerprint density at radius 2 is 1.73 bits per heavy atom. The largest absolute Gasteiger partial charge is 0.493 e. The number of rotatable bonds is 8. The van der Waals surface area contributed by atoms with E-state index in [1.807, 2.05) is 41.3 Å². The number of nitrogens with zero attached hydrogens (tertiary/aromatic N) is 1. The summed E-state index contributed by atoms with van der Waals surface area (Å²) in [7, 11) is 0. The number of hydrogen-bond donors (Lipinski definition) is 1. The summed E-state index contributed by atoms with van der Waals surface area (Å²) in [6.07, 6.45) is 7.66. The van der Waals surface area contributed by atoms with E-state index in [-0.39, 0.29) is 11.8 Å². The van der Waals surface area contributed by atoms with Gasteiger partial charge in [0.05, 0.1) is 12.2 Å². The molecule has 1 N–H and O–H groups in total. The number of carbonyl (C=O) groups excluding carboxylic acids is 2. The lowest BCUT2D eigenvalue weighted by Crippen LogP contribution is -2.31. The van der Waals surface area contributed by atoms with Crippen LogP contribution in [0.4, 0.5) is 5.69 Å². The van der Waals surface area contributed by atoms with Crippen LogP contribution in [-0.4, -0.2) is 36.4 Å². The van der Waals surface area contributed by atoms with Gasteiger partial charge in [0, 0.05) is 24.3 Å². The van der Waals surface area contributed by atoms with Crippen LogP contribution in [0.15, 0.2) is 48.5 Å². The highest BCUT2D eigenvalue weighted by molar-refractivity contribution is 6.06. The maximum Gasteiger partial charge on any atom is 0.259 e. The average molecular weight is 409 g/mol. The lowest BCUT2D eigenvalue weighted by molar-refractivity contribution is 0.0761. The Kier molecular flexibility index (Phi) is 8.30. The normalized spacial score (nSPS) is 14.1. The van der Waals surface area contributed by atoms with Crippen molar-refractivity contribution >= 4 is 17.5 Å². The Morgan fingerprint density at radius 3 is 2.50 bits per heavy atom. The van der Waals surface area contributed by atoms with E-state index in [9.17, 15) is 9.59 Å². The molecule has 0 bridgehead atoms. The van der Waals surface area contributed by atoms with Crippen molar-refractivity contribution in [2.24, 2.45) is 0 Å². The van der Waals surface area contributed by atoms with Gasteiger partial charge in [0.2, 0.25) is 0 Å². The molecule has 2 aromatic carbocycles. The van der Waals surface area contributed by atoms with E-state index in [2.05, 4.69) is 12.2 Å². The highest BCUT2D eigenvalue weighted by atomic mass is 16.5. The highest BCUT2D eigenvalue weighted by Gasteiger charge is 2.18. The van der Waals surface area contributed by atoms with Crippen LogP contribution in [0.1, 0.15) is 72.6 Å². The fourth-order valence-electron chi connectivity index (χ4n) is 3.70. The van der Waals surface area contributed by atoms with Crippen molar-refractivity contribution in [1.29, 1.82) is 0 Å². The fraction of sp³-hybridized carbons (Fsp3) is 0.440. The smallest absolute Gasteiger partial charge is 0.259 e. The van der Waals surface area contributed by atoms with Crippen LogP contribution in [0, 0.1) is 0 Å². The third-order valence-electron chi connectivity index (χ3n) is 5.40. The number of para-hydroxylation sites is 1. The summed E-state index contributed by atoms with van der Waals surface area (Å²) in [6.45, 7) is 4.35. The minimum atomic E-state index is -0.236. The number of likely N-dealkylation sites (tertiary alicyclic amines) is 1. The van der Waals surface area contributed by atoms with Gasteiger partial charge in [-0.25, -0.2) is 0 Å². The third kappa shape index (κ3) is 6.09. The molecular formula is C25H32N2O3. The van der Waals surface area contributed by atoms with Crippen molar-refractivity contribution in [3.63, 3.8) is 0 Å². The molecule has 30 heavy (non-hydrogen) atoms. The summed E-state index contributed by atoms with van der Waals surface area (Å²) in [5.41, 5.74) is 1.72. The predicted octanol–water partition coefficient (Wildman–Crippen LogP) is 5.52. The zero-order chi connectivity index (χ0) is 21.2. The maximum atomic E-state index is 12.9. The highest BCUT2D eigenvalue weighted by Crippen LogP contribution is 2.21. The van der Waals surface area contributed by atoms with Crippen molar-refractivity contribution in [2.45, 2.75) is 51.9 Å². The molecule has 1 heterocycles. The summed E-state index contributed by atoms with van der Waals surface area (Å²) in [5.74, 6) is 0.385. The number of amides is 2. The van der Waals surface area contributed by atoms with Crippen LogP contribution in [0.2, 0.25) is 0 Å². The van der Waals surface area contributed by atoms with Crippen molar-refractivity contribution in [2.75, 3.05) is 25.0 Å². The summed E-state index contributed by atoms with van der Waals surface area (Å²) >= 11 is 0. The topological polar surface area (TPSA) is 58.6 Å². The number of anilines is 1. The van der Waals surface area contributed by atoms with Gasteiger partial charge in [-0.2, -0.15) is 0 Å². The SMILES string of the molecule is CCCCCOc1ccccc1C(=O)Nc1cccc(C(=O)N2CCCCCC2)c1. The van der Waals surface area contributed by atoms with E-state index in [0.29, 0.717) is 29.2 Å². The maximum absolute atomic E-state index is 12.9. The van der Waals surface area contributed by atoms with Crippen molar-refractivity contribution in [3.8, 4) is 5.75 Å². The number of hydrogen-bond acceptors (Lipinski definition) is 3. The number of ether oxygens (including phenoxy) is 1. The molecule has 0 aliphatic carbocycles. The van der Waals surface area contributed by atoms with E-state index in [0.717, 1.165) is 45.2 Å². The molecule has 1 aliphatic heterocycles. The van der Waals surface area contributed by atoms with Gasteiger partial charge >= 0.3 is 0 Å². The molecular weight excluding hydrogens is 376 g/mol. The molecule has 0 atom stereocenters. The van der Waals surface area contributed by atoms with Gasteiger partial charge in [0.15, 0.2) is 0 Å². The van der Waals surface area contributed by atoms with Crippen molar-refractivity contribution in [3.05, 3.63) is 59.7 Å². The molecule has 0 aromatic heterocycles. The first-order chi connectivity index (χ1) is 14.7. The van der Waals surface area contributed by atoms with Crippen molar-refractivity contribution in [1.82, 2.24) is 4.90 Å². The minimum Gasteiger partial charge on any atom is -0.493 e. The molecule has 2 amide bonds. The average Bonchev–Trinajstić information content (AvgIpc) is 3.06. The summed E-state index contributed by atoms with van der Waals surface area (Å²) < 4.78 is 5.83. The quantitative estimate of drug-likeness (QED) is 0.585. The first-order valence-electron chi connectivity index (χ1n) is 11.1. The van der Waals surface area contributed by atoms with E-state index < -0.39 is 0 Å². The van der Waals surface area contributed by atoms with Gasteiger partial charge < -0.3 is 15.0 Å². The number of benzene rings is 2. The summed E-state index contributed by atoms with van der Waals surface area (Å²) in [4.78, 5) is 27.7. The Bertz CT molecular complexity index is 842. The lowest BCUT2D eigenvalue weighted by atomic mass is 10.1. The van der Waals surface area contributed by atoms with Crippen molar-refractivity contribution < 1.29 is 14.3 Å². The molecule has 1 saturated heterocycles.